The Balaban J connectivity index is 1.53. The molecule has 0 saturated heterocycles. The second kappa shape index (κ2) is 5.92. The molecule has 1 N–H and O–H groups in total. The highest BCUT2D eigenvalue weighted by Gasteiger charge is 2.42. The van der Waals surface area contributed by atoms with Gasteiger partial charge in [0.2, 0.25) is 0 Å². The highest BCUT2D eigenvalue weighted by Crippen LogP contribution is 2.48. The predicted molar refractivity (Wildman–Crippen MR) is 75.9 cm³/mol. The maximum Gasteiger partial charge on any atom is 0.252 e. The average molecular weight is 273 g/mol. The summed E-state index contributed by atoms with van der Waals surface area (Å²) in [5.41, 5.74) is 0.582. The lowest BCUT2D eigenvalue weighted by Gasteiger charge is -2.42. The van der Waals surface area contributed by atoms with Gasteiger partial charge >= 0.3 is 0 Å². The first-order valence-electron chi connectivity index (χ1n) is 7.85. The van der Waals surface area contributed by atoms with Gasteiger partial charge < -0.3 is 5.32 Å². The number of hydrogen-bond acceptors (Lipinski definition) is 4. The molecule has 3 rings (SSSR count). The molecule has 5 nitrogen and oxygen atoms in total. The number of nitriles is 1. The molecule has 108 valence electrons. The van der Waals surface area contributed by atoms with E-state index in [1.807, 2.05) is 6.07 Å². The van der Waals surface area contributed by atoms with Crippen molar-refractivity contribution in [3.63, 3.8) is 0 Å². The highest BCUT2D eigenvalue weighted by atomic mass is 15.3. The fourth-order valence-electron chi connectivity index (χ4n) is 4.11. The van der Waals surface area contributed by atoms with Crippen LogP contribution in [-0.2, 0) is 6.54 Å². The standard InChI is InChI=1S/C15H23N5/c16-11-14-18-12-20(19-14)10-9-17-13-5-1-2-6-15(13)7-3-4-8-15/h12-13,17H,1-10H2. The number of hydrogen-bond donors (Lipinski definition) is 1. The Morgan fingerprint density at radius 2 is 2.05 bits per heavy atom. The van der Waals surface area contributed by atoms with Crippen LogP contribution in [0.4, 0.5) is 0 Å². The van der Waals surface area contributed by atoms with E-state index in [0.717, 1.165) is 13.1 Å². The molecule has 1 heterocycles. The zero-order valence-corrected chi connectivity index (χ0v) is 12.0. The Bertz CT molecular complexity index is 481. The summed E-state index contributed by atoms with van der Waals surface area (Å²) in [6.45, 7) is 1.71. The van der Waals surface area contributed by atoms with Crippen LogP contribution in [0.1, 0.15) is 57.2 Å². The van der Waals surface area contributed by atoms with E-state index in [-0.39, 0.29) is 5.82 Å². The van der Waals surface area contributed by atoms with E-state index in [1.165, 1.54) is 51.4 Å². The van der Waals surface area contributed by atoms with E-state index < -0.39 is 0 Å². The van der Waals surface area contributed by atoms with Crippen molar-refractivity contribution in [2.75, 3.05) is 6.54 Å². The molecule has 1 aromatic rings. The van der Waals surface area contributed by atoms with E-state index in [2.05, 4.69) is 15.4 Å². The Kier molecular flexibility index (Phi) is 4.02. The third-order valence-electron chi connectivity index (χ3n) is 5.12. The molecule has 0 radical (unpaired) electrons. The van der Waals surface area contributed by atoms with E-state index in [4.69, 9.17) is 5.26 Å². The summed E-state index contributed by atoms with van der Waals surface area (Å²) in [6, 6.07) is 2.64. The van der Waals surface area contributed by atoms with Gasteiger partial charge in [0.15, 0.2) is 0 Å². The minimum Gasteiger partial charge on any atom is -0.312 e. The van der Waals surface area contributed by atoms with Gasteiger partial charge in [-0.15, -0.1) is 5.10 Å². The van der Waals surface area contributed by atoms with Crippen LogP contribution >= 0.6 is 0 Å². The zero-order valence-electron chi connectivity index (χ0n) is 12.0. The first-order chi connectivity index (χ1) is 9.82. The fourth-order valence-corrected chi connectivity index (χ4v) is 4.11. The van der Waals surface area contributed by atoms with Crippen molar-refractivity contribution in [3.8, 4) is 6.07 Å². The largest absolute Gasteiger partial charge is 0.312 e. The average Bonchev–Trinajstić information content (AvgIpc) is 3.11. The molecule has 20 heavy (non-hydrogen) atoms. The molecule has 2 aliphatic carbocycles. The summed E-state index contributed by atoms with van der Waals surface area (Å²) in [7, 11) is 0. The second-order valence-electron chi connectivity index (χ2n) is 6.27. The normalized spacial score (nSPS) is 24.9. The molecular weight excluding hydrogens is 250 g/mol. The summed E-state index contributed by atoms with van der Waals surface area (Å²) in [6.07, 6.45) is 12.8. The third-order valence-corrected chi connectivity index (χ3v) is 5.12. The van der Waals surface area contributed by atoms with Crippen LogP contribution in [0.2, 0.25) is 0 Å². The van der Waals surface area contributed by atoms with Crippen molar-refractivity contribution in [2.45, 2.75) is 64.0 Å². The van der Waals surface area contributed by atoms with Gasteiger partial charge in [-0.1, -0.05) is 25.7 Å². The molecule has 2 fully saturated rings. The Labute approximate surface area is 120 Å². The first-order valence-corrected chi connectivity index (χ1v) is 7.85. The summed E-state index contributed by atoms with van der Waals surface area (Å²) in [5, 5.41) is 16.6. The maximum absolute atomic E-state index is 8.72. The van der Waals surface area contributed by atoms with Crippen LogP contribution in [0, 0.1) is 16.7 Å². The van der Waals surface area contributed by atoms with E-state index in [9.17, 15) is 0 Å². The molecule has 0 aliphatic heterocycles. The van der Waals surface area contributed by atoms with Gasteiger partial charge in [-0.2, -0.15) is 5.26 Å². The quantitative estimate of drug-likeness (QED) is 0.913. The highest BCUT2D eigenvalue weighted by molar-refractivity contribution is 5.05. The van der Waals surface area contributed by atoms with E-state index in [0.29, 0.717) is 11.5 Å². The van der Waals surface area contributed by atoms with Gasteiger partial charge in [0, 0.05) is 12.6 Å². The number of aromatic nitrogens is 3. The molecule has 5 heteroatoms. The Morgan fingerprint density at radius 3 is 2.75 bits per heavy atom. The van der Waals surface area contributed by atoms with Crippen LogP contribution in [0.15, 0.2) is 6.33 Å². The number of nitrogens with one attached hydrogen (secondary N) is 1. The van der Waals surface area contributed by atoms with Gasteiger partial charge in [0.1, 0.15) is 12.4 Å². The monoisotopic (exact) mass is 273 g/mol. The molecule has 0 aromatic carbocycles. The topological polar surface area (TPSA) is 66.5 Å². The van der Waals surface area contributed by atoms with Crippen molar-refractivity contribution in [2.24, 2.45) is 5.41 Å². The van der Waals surface area contributed by atoms with E-state index in [1.54, 1.807) is 11.0 Å². The lowest BCUT2D eigenvalue weighted by molar-refractivity contribution is 0.130. The van der Waals surface area contributed by atoms with Crippen molar-refractivity contribution in [1.82, 2.24) is 20.1 Å². The second-order valence-corrected chi connectivity index (χ2v) is 6.27. The minimum atomic E-state index is 0.259. The van der Waals surface area contributed by atoms with Gasteiger partial charge in [-0.25, -0.2) is 4.98 Å². The van der Waals surface area contributed by atoms with Gasteiger partial charge in [-0.05, 0) is 31.1 Å². The first kappa shape index (κ1) is 13.6. The Morgan fingerprint density at radius 1 is 1.30 bits per heavy atom. The predicted octanol–water partition coefficient (Wildman–Crippen LogP) is 2.24. The summed E-state index contributed by atoms with van der Waals surface area (Å²) in [5.74, 6) is 0.259. The van der Waals surface area contributed by atoms with Crippen LogP contribution in [0.25, 0.3) is 0 Å². The molecule has 0 amide bonds. The number of nitrogens with zero attached hydrogens (tertiary/aromatic N) is 4. The van der Waals surface area contributed by atoms with Gasteiger partial charge in [0.05, 0.1) is 6.54 Å². The Hall–Kier alpha value is -1.41. The van der Waals surface area contributed by atoms with Crippen molar-refractivity contribution in [1.29, 1.82) is 5.26 Å². The minimum absolute atomic E-state index is 0.259. The van der Waals surface area contributed by atoms with Gasteiger partial charge in [-0.3, -0.25) is 4.68 Å². The van der Waals surface area contributed by atoms with Crippen molar-refractivity contribution >= 4 is 0 Å². The van der Waals surface area contributed by atoms with Crippen molar-refractivity contribution < 1.29 is 0 Å². The molecular formula is C15H23N5. The van der Waals surface area contributed by atoms with Crippen molar-refractivity contribution in [3.05, 3.63) is 12.2 Å². The van der Waals surface area contributed by atoms with Gasteiger partial charge in [0.25, 0.3) is 5.82 Å². The fraction of sp³-hybridized carbons (Fsp3) is 0.800. The maximum atomic E-state index is 8.72. The van der Waals surface area contributed by atoms with Crippen LogP contribution in [0.5, 0.6) is 0 Å². The number of rotatable bonds is 4. The zero-order chi connectivity index (χ0) is 13.8. The summed E-state index contributed by atoms with van der Waals surface area (Å²) in [4.78, 5) is 3.93. The molecule has 1 unspecified atom stereocenters. The van der Waals surface area contributed by atoms with E-state index >= 15 is 0 Å². The lowest BCUT2D eigenvalue weighted by atomic mass is 9.69. The molecule has 1 aromatic heterocycles. The molecule has 2 aliphatic rings. The summed E-state index contributed by atoms with van der Waals surface area (Å²) >= 11 is 0. The summed E-state index contributed by atoms with van der Waals surface area (Å²) < 4.78 is 1.76. The third kappa shape index (κ3) is 2.71. The van der Waals surface area contributed by atoms with Crippen LogP contribution in [-0.4, -0.2) is 27.4 Å². The molecule has 0 bridgehead atoms. The van der Waals surface area contributed by atoms with Crippen LogP contribution in [0.3, 0.4) is 0 Å². The molecule has 2 saturated carbocycles. The SMILES string of the molecule is N#Cc1ncn(CCNC2CCCCC23CCCC3)n1. The smallest absolute Gasteiger partial charge is 0.252 e. The molecule has 1 spiro atoms. The molecule has 1 atom stereocenters. The lowest BCUT2D eigenvalue weighted by Crippen LogP contribution is -2.47. The van der Waals surface area contributed by atoms with Crippen LogP contribution < -0.4 is 5.32 Å².